The summed E-state index contributed by atoms with van der Waals surface area (Å²) >= 11 is 0. The second-order valence-electron chi connectivity index (χ2n) is 5.68. The molecule has 0 radical (unpaired) electrons. The Morgan fingerprint density at radius 3 is 2.85 bits per heavy atom. The first kappa shape index (κ1) is 11.7. The van der Waals surface area contributed by atoms with Gasteiger partial charge in [0, 0.05) is 17.6 Å². The lowest BCUT2D eigenvalue weighted by atomic mass is 9.72. The maximum absolute atomic E-state index is 11.4. The summed E-state index contributed by atoms with van der Waals surface area (Å²) in [5.41, 5.74) is 12.3. The average molecular weight is 264 g/mol. The highest BCUT2D eigenvalue weighted by Gasteiger charge is 2.32. The van der Waals surface area contributed by atoms with Gasteiger partial charge in [-0.15, -0.1) is 0 Å². The first-order valence-corrected chi connectivity index (χ1v) is 6.98. The Labute approximate surface area is 117 Å². The van der Waals surface area contributed by atoms with Crippen molar-refractivity contribution in [2.75, 3.05) is 5.32 Å². The molecule has 100 valence electrons. The normalized spacial score (nSPS) is 20.6. The molecule has 0 fully saturated rings. The van der Waals surface area contributed by atoms with E-state index in [1.807, 2.05) is 12.1 Å². The molecule has 4 rings (SSSR count). The van der Waals surface area contributed by atoms with E-state index in [2.05, 4.69) is 35.6 Å². The number of nitrogens with two attached hydrogens (primary N) is 1. The summed E-state index contributed by atoms with van der Waals surface area (Å²) in [6.07, 6.45) is 1.52. The summed E-state index contributed by atoms with van der Waals surface area (Å²) in [7, 11) is 0. The summed E-state index contributed by atoms with van der Waals surface area (Å²) in [5.74, 6) is 0.467. The van der Waals surface area contributed by atoms with E-state index >= 15 is 0 Å². The highest BCUT2D eigenvalue weighted by molar-refractivity contribution is 5.99. The van der Waals surface area contributed by atoms with Crippen LogP contribution in [0.3, 0.4) is 0 Å². The van der Waals surface area contributed by atoms with Gasteiger partial charge in [0.2, 0.25) is 5.91 Å². The van der Waals surface area contributed by atoms with Crippen LogP contribution < -0.4 is 11.1 Å². The van der Waals surface area contributed by atoms with Crippen molar-refractivity contribution < 1.29 is 4.79 Å². The zero-order valence-corrected chi connectivity index (χ0v) is 11.1. The molecular formula is C17H16N2O. The molecule has 1 aliphatic carbocycles. The van der Waals surface area contributed by atoms with Crippen LogP contribution in [-0.2, 0) is 17.6 Å². The number of benzene rings is 2. The highest BCUT2D eigenvalue weighted by atomic mass is 16.1. The zero-order valence-electron chi connectivity index (χ0n) is 11.1. The smallest absolute Gasteiger partial charge is 0.228 e. The molecule has 3 heteroatoms. The van der Waals surface area contributed by atoms with E-state index < -0.39 is 0 Å². The number of anilines is 1. The maximum atomic E-state index is 11.4. The van der Waals surface area contributed by atoms with E-state index in [-0.39, 0.29) is 11.9 Å². The van der Waals surface area contributed by atoms with Crippen molar-refractivity contribution in [1.82, 2.24) is 0 Å². The number of fused-ring (bicyclic) bond motifs is 2. The second-order valence-corrected chi connectivity index (χ2v) is 5.68. The molecule has 0 saturated heterocycles. The predicted molar refractivity (Wildman–Crippen MR) is 78.6 cm³/mol. The standard InChI is InChI=1S/C17H16N2O/c18-17(14-8-10-3-1-2-4-13(10)14)11-5-6-15-12(7-11)9-16(20)19-15/h1-7,14,17H,8-9,18H2,(H,19,20). The Morgan fingerprint density at radius 2 is 2.00 bits per heavy atom. The van der Waals surface area contributed by atoms with Crippen molar-refractivity contribution in [3.05, 3.63) is 64.7 Å². The van der Waals surface area contributed by atoms with Crippen molar-refractivity contribution in [3.63, 3.8) is 0 Å². The number of carbonyl (C=O) groups is 1. The van der Waals surface area contributed by atoms with Gasteiger partial charge in [-0.05, 0) is 34.7 Å². The number of hydrogen-bond donors (Lipinski definition) is 2. The third-order valence-corrected chi connectivity index (χ3v) is 4.47. The Bertz CT molecular complexity index is 708. The molecule has 1 heterocycles. The van der Waals surface area contributed by atoms with Crippen LogP contribution in [0.25, 0.3) is 0 Å². The van der Waals surface area contributed by atoms with Crippen LogP contribution in [-0.4, -0.2) is 5.91 Å². The van der Waals surface area contributed by atoms with Crippen LogP contribution in [0, 0.1) is 0 Å². The lowest BCUT2D eigenvalue weighted by Crippen LogP contribution is -2.28. The van der Waals surface area contributed by atoms with Gasteiger partial charge < -0.3 is 11.1 Å². The van der Waals surface area contributed by atoms with E-state index in [4.69, 9.17) is 5.73 Å². The Balaban J connectivity index is 1.63. The van der Waals surface area contributed by atoms with Crippen LogP contribution in [0.5, 0.6) is 0 Å². The zero-order chi connectivity index (χ0) is 13.7. The minimum absolute atomic E-state index is 0.00546. The summed E-state index contributed by atoms with van der Waals surface area (Å²) in [6, 6.07) is 14.6. The van der Waals surface area contributed by atoms with Gasteiger partial charge in [0.15, 0.2) is 0 Å². The molecule has 2 aromatic rings. The van der Waals surface area contributed by atoms with Crippen molar-refractivity contribution in [1.29, 1.82) is 0 Å². The first-order chi connectivity index (χ1) is 9.72. The number of rotatable bonds is 2. The van der Waals surface area contributed by atoms with Crippen LogP contribution >= 0.6 is 0 Å². The lowest BCUT2D eigenvalue weighted by molar-refractivity contribution is -0.115. The molecule has 0 saturated carbocycles. The van der Waals surface area contributed by atoms with Gasteiger partial charge in [0.1, 0.15) is 0 Å². The van der Waals surface area contributed by atoms with Crippen molar-refractivity contribution in [3.8, 4) is 0 Å². The molecule has 1 amide bonds. The van der Waals surface area contributed by atoms with E-state index in [9.17, 15) is 4.79 Å². The van der Waals surface area contributed by atoms with Gasteiger partial charge >= 0.3 is 0 Å². The summed E-state index contributed by atoms with van der Waals surface area (Å²) < 4.78 is 0. The third kappa shape index (κ3) is 1.67. The van der Waals surface area contributed by atoms with Gasteiger partial charge in [0.25, 0.3) is 0 Å². The topological polar surface area (TPSA) is 55.1 Å². The predicted octanol–water partition coefficient (Wildman–Crippen LogP) is 2.52. The first-order valence-electron chi connectivity index (χ1n) is 6.98. The van der Waals surface area contributed by atoms with Gasteiger partial charge in [-0.2, -0.15) is 0 Å². The molecule has 0 aromatic heterocycles. The largest absolute Gasteiger partial charge is 0.326 e. The Hall–Kier alpha value is -2.13. The van der Waals surface area contributed by atoms with E-state index in [1.165, 1.54) is 11.1 Å². The lowest BCUT2D eigenvalue weighted by Gasteiger charge is -2.35. The second kappa shape index (κ2) is 4.18. The fourth-order valence-electron chi connectivity index (χ4n) is 3.31. The quantitative estimate of drug-likeness (QED) is 0.875. The fraction of sp³-hybridized carbons (Fsp3) is 0.235. The maximum Gasteiger partial charge on any atom is 0.228 e. The SMILES string of the molecule is NC(c1ccc2c(c1)CC(=O)N2)C1Cc2ccccc21. The molecule has 2 aromatic carbocycles. The van der Waals surface area contributed by atoms with Crippen molar-refractivity contribution >= 4 is 11.6 Å². The highest BCUT2D eigenvalue weighted by Crippen LogP contribution is 2.42. The van der Waals surface area contributed by atoms with Crippen LogP contribution in [0.15, 0.2) is 42.5 Å². The van der Waals surface area contributed by atoms with Crippen molar-refractivity contribution in [2.45, 2.75) is 24.8 Å². The molecule has 1 aliphatic heterocycles. The van der Waals surface area contributed by atoms with Crippen LogP contribution in [0.4, 0.5) is 5.69 Å². The van der Waals surface area contributed by atoms with E-state index in [0.29, 0.717) is 12.3 Å². The van der Waals surface area contributed by atoms with Crippen LogP contribution in [0.1, 0.15) is 34.2 Å². The molecule has 2 atom stereocenters. The molecule has 0 spiro atoms. The molecule has 0 bridgehead atoms. The molecule has 2 aliphatic rings. The number of amides is 1. The third-order valence-electron chi connectivity index (χ3n) is 4.47. The molecule has 3 nitrogen and oxygen atoms in total. The minimum Gasteiger partial charge on any atom is -0.326 e. The fourth-order valence-corrected chi connectivity index (χ4v) is 3.31. The summed E-state index contributed by atoms with van der Waals surface area (Å²) in [4.78, 5) is 11.4. The van der Waals surface area contributed by atoms with E-state index in [0.717, 1.165) is 23.2 Å². The van der Waals surface area contributed by atoms with Crippen LogP contribution in [0.2, 0.25) is 0 Å². The number of nitrogens with one attached hydrogen (secondary N) is 1. The van der Waals surface area contributed by atoms with Gasteiger partial charge in [-0.25, -0.2) is 0 Å². The van der Waals surface area contributed by atoms with Gasteiger partial charge in [-0.1, -0.05) is 36.4 Å². The monoisotopic (exact) mass is 264 g/mol. The van der Waals surface area contributed by atoms with Gasteiger partial charge in [0.05, 0.1) is 6.42 Å². The Kier molecular flexibility index (Phi) is 2.44. The summed E-state index contributed by atoms with van der Waals surface area (Å²) in [5, 5.41) is 2.86. The van der Waals surface area contributed by atoms with E-state index in [1.54, 1.807) is 0 Å². The molecule has 20 heavy (non-hydrogen) atoms. The molecule has 3 N–H and O–H groups in total. The minimum atomic E-state index is 0.00546. The van der Waals surface area contributed by atoms with Gasteiger partial charge in [-0.3, -0.25) is 4.79 Å². The van der Waals surface area contributed by atoms with Crippen molar-refractivity contribution in [2.24, 2.45) is 5.73 Å². The molecule has 2 unspecified atom stereocenters. The summed E-state index contributed by atoms with van der Waals surface area (Å²) in [6.45, 7) is 0. The molecular weight excluding hydrogens is 248 g/mol. The average Bonchev–Trinajstić information content (AvgIpc) is 2.79. The number of hydrogen-bond acceptors (Lipinski definition) is 2. The Morgan fingerprint density at radius 1 is 1.15 bits per heavy atom. The number of carbonyl (C=O) groups excluding carboxylic acids is 1.